The lowest BCUT2D eigenvalue weighted by atomic mass is 10.3. The molecule has 6 heteroatoms. The Balaban J connectivity index is 2.90. The number of hydrogen-bond acceptors (Lipinski definition) is 2. The Hall–Kier alpha value is -1.10. The van der Waals surface area contributed by atoms with E-state index in [0.717, 1.165) is 6.07 Å². The molecule has 1 aromatic carbocycles. The molecule has 1 aromatic rings. The molecule has 0 fully saturated rings. The molecule has 0 heterocycles. The molecule has 0 atom stereocenters. The SMILES string of the molecule is CCOc1ccc(Cl)c(OC(F)(F)F)c1. The van der Waals surface area contributed by atoms with Gasteiger partial charge in [0.25, 0.3) is 0 Å². The monoisotopic (exact) mass is 240 g/mol. The fourth-order valence-electron chi connectivity index (χ4n) is 0.943. The number of benzene rings is 1. The van der Waals surface area contributed by atoms with Crippen LogP contribution in [-0.4, -0.2) is 13.0 Å². The van der Waals surface area contributed by atoms with Crippen molar-refractivity contribution in [2.75, 3.05) is 6.61 Å². The van der Waals surface area contributed by atoms with E-state index in [-0.39, 0.29) is 10.8 Å². The predicted molar refractivity (Wildman–Crippen MR) is 49.3 cm³/mol. The minimum absolute atomic E-state index is 0.115. The van der Waals surface area contributed by atoms with E-state index in [1.165, 1.54) is 12.1 Å². The molecule has 0 aliphatic carbocycles. The summed E-state index contributed by atoms with van der Waals surface area (Å²) in [4.78, 5) is 0. The van der Waals surface area contributed by atoms with Gasteiger partial charge in [0.2, 0.25) is 0 Å². The predicted octanol–water partition coefficient (Wildman–Crippen LogP) is 3.64. The molecule has 0 aromatic heterocycles. The minimum Gasteiger partial charge on any atom is -0.494 e. The zero-order valence-corrected chi connectivity index (χ0v) is 8.52. The number of alkyl halides is 3. The Morgan fingerprint density at radius 1 is 1.33 bits per heavy atom. The van der Waals surface area contributed by atoms with Crippen LogP contribution in [0.15, 0.2) is 18.2 Å². The van der Waals surface area contributed by atoms with Crippen LogP contribution in [0, 0.1) is 0 Å². The Kier molecular flexibility index (Phi) is 3.68. The van der Waals surface area contributed by atoms with Crippen molar-refractivity contribution in [2.45, 2.75) is 13.3 Å². The second-order valence-corrected chi connectivity index (χ2v) is 2.98. The van der Waals surface area contributed by atoms with Crippen molar-refractivity contribution < 1.29 is 22.6 Å². The number of halogens is 4. The van der Waals surface area contributed by atoms with Gasteiger partial charge in [0.05, 0.1) is 11.6 Å². The summed E-state index contributed by atoms with van der Waals surface area (Å²) >= 11 is 5.52. The van der Waals surface area contributed by atoms with Crippen molar-refractivity contribution in [2.24, 2.45) is 0 Å². The Labute approximate surface area is 89.6 Å². The van der Waals surface area contributed by atoms with E-state index in [4.69, 9.17) is 16.3 Å². The molecule has 1 rings (SSSR count). The van der Waals surface area contributed by atoms with Crippen molar-refractivity contribution in [3.05, 3.63) is 23.2 Å². The van der Waals surface area contributed by atoms with Gasteiger partial charge < -0.3 is 9.47 Å². The lowest BCUT2D eigenvalue weighted by Crippen LogP contribution is -2.17. The minimum atomic E-state index is -4.76. The molecule has 0 bridgehead atoms. The lowest BCUT2D eigenvalue weighted by Gasteiger charge is -2.11. The molecule has 0 aliphatic heterocycles. The van der Waals surface area contributed by atoms with Crippen LogP contribution >= 0.6 is 11.6 Å². The third-order valence-corrected chi connectivity index (χ3v) is 1.75. The highest BCUT2D eigenvalue weighted by Gasteiger charge is 2.32. The highest BCUT2D eigenvalue weighted by molar-refractivity contribution is 6.32. The molecule has 0 N–H and O–H groups in total. The summed E-state index contributed by atoms with van der Waals surface area (Å²) in [6.45, 7) is 2.08. The van der Waals surface area contributed by atoms with E-state index in [9.17, 15) is 13.2 Å². The largest absolute Gasteiger partial charge is 0.573 e. The van der Waals surface area contributed by atoms with Crippen LogP contribution < -0.4 is 9.47 Å². The smallest absolute Gasteiger partial charge is 0.494 e. The number of rotatable bonds is 3. The third kappa shape index (κ3) is 3.87. The van der Waals surface area contributed by atoms with Crippen LogP contribution in [0.4, 0.5) is 13.2 Å². The van der Waals surface area contributed by atoms with Gasteiger partial charge in [-0.05, 0) is 19.1 Å². The summed E-state index contributed by atoms with van der Waals surface area (Å²) in [6, 6.07) is 3.85. The molecule has 0 radical (unpaired) electrons. The van der Waals surface area contributed by atoms with E-state index in [0.29, 0.717) is 6.61 Å². The molecule has 0 saturated carbocycles. The molecular weight excluding hydrogens is 233 g/mol. The summed E-state index contributed by atoms with van der Waals surface area (Å²) in [5.74, 6) is -0.184. The zero-order valence-electron chi connectivity index (χ0n) is 7.77. The van der Waals surface area contributed by atoms with Crippen molar-refractivity contribution in [1.29, 1.82) is 0 Å². The number of ether oxygens (including phenoxy) is 2. The van der Waals surface area contributed by atoms with E-state index in [2.05, 4.69) is 4.74 Å². The van der Waals surface area contributed by atoms with Crippen LogP contribution in [0.2, 0.25) is 5.02 Å². The van der Waals surface area contributed by atoms with Crippen LogP contribution in [-0.2, 0) is 0 Å². The first kappa shape index (κ1) is 12.0. The molecule has 0 unspecified atom stereocenters. The molecular formula is C9H8ClF3O2. The Morgan fingerprint density at radius 3 is 2.53 bits per heavy atom. The maximum absolute atomic E-state index is 11.9. The second kappa shape index (κ2) is 4.61. The molecule has 0 saturated heterocycles. The summed E-state index contributed by atoms with van der Waals surface area (Å²) in [5, 5.41) is -0.115. The first-order chi connectivity index (χ1) is 6.92. The van der Waals surface area contributed by atoms with Gasteiger partial charge in [-0.25, -0.2) is 0 Å². The van der Waals surface area contributed by atoms with Crippen molar-refractivity contribution in [3.8, 4) is 11.5 Å². The molecule has 2 nitrogen and oxygen atoms in total. The maximum atomic E-state index is 11.9. The number of hydrogen-bond donors (Lipinski definition) is 0. The van der Waals surface area contributed by atoms with Crippen LogP contribution in [0.25, 0.3) is 0 Å². The standard InChI is InChI=1S/C9H8ClF3O2/c1-2-14-6-3-4-7(10)8(5-6)15-9(11,12)13/h3-5H,2H2,1H3. The van der Waals surface area contributed by atoms with Crippen LogP contribution in [0.3, 0.4) is 0 Å². The topological polar surface area (TPSA) is 18.5 Å². The van der Waals surface area contributed by atoms with Gasteiger partial charge in [-0.3, -0.25) is 0 Å². The fraction of sp³-hybridized carbons (Fsp3) is 0.333. The van der Waals surface area contributed by atoms with Crippen LogP contribution in [0.1, 0.15) is 6.92 Å². The molecule has 0 spiro atoms. The zero-order chi connectivity index (χ0) is 11.5. The first-order valence-corrected chi connectivity index (χ1v) is 4.48. The van der Waals surface area contributed by atoms with Gasteiger partial charge in [0.1, 0.15) is 5.75 Å². The average molecular weight is 241 g/mol. The maximum Gasteiger partial charge on any atom is 0.573 e. The highest BCUT2D eigenvalue weighted by Crippen LogP contribution is 2.33. The van der Waals surface area contributed by atoms with Crippen molar-refractivity contribution >= 4 is 11.6 Å². The second-order valence-electron chi connectivity index (χ2n) is 2.57. The van der Waals surface area contributed by atoms with Gasteiger partial charge in [-0.2, -0.15) is 0 Å². The van der Waals surface area contributed by atoms with E-state index < -0.39 is 12.1 Å². The highest BCUT2D eigenvalue weighted by atomic mass is 35.5. The van der Waals surface area contributed by atoms with Gasteiger partial charge >= 0.3 is 6.36 Å². The van der Waals surface area contributed by atoms with Crippen LogP contribution in [0.5, 0.6) is 11.5 Å². The first-order valence-electron chi connectivity index (χ1n) is 4.10. The van der Waals surface area contributed by atoms with Gasteiger partial charge in [0, 0.05) is 6.07 Å². The van der Waals surface area contributed by atoms with Gasteiger partial charge in [-0.15, -0.1) is 13.2 Å². The van der Waals surface area contributed by atoms with Gasteiger partial charge in [-0.1, -0.05) is 11.6 Å². The normalized spacial score (nSPS) is 11.3. The molecule has 15 heavy (non-hydrogen) atoms. The van der Waals surface area contributed by atoms with E-state index >= 15 is 0 Å². The Morgan fingerprint density at radius 2 is 2.00 bits per heavy atom. The molecule has 84 valence electrons. The van der Waals surface area contributed by atoms with Crippen molar-refractivity contribution in [3.63, 3.8) is 0 Å². The van der Waals surface area contributed by atoms with Crippen molar-refractivity contribution in [1.82, 2.24) is 0 Å². The molecule has 0 amide bonds. The third-order valence-electron chi connectivity index (χ3n) is 1.44. The lowest BCUT2D eigenvalue weighted by molar-refractivity contribution is -0.274. The fourth-order valence-corrected chi connectivity index (χ4v) is 1.10. The quantitative estimate of drug-likeness (QED) is 0.803. The van der Waals surface area contributed by atoms with E-state index in [1.807, 2.05) is 0 Å². The summed E-state index contributed by atoms with van der Waals surface area (Å²) in [6.07, 6.45) is -4.76. The molecule has 0 aliphatic rings. The Bertz CT molecular complexity index is 339. The van der Waals surface area contributed by atoms with Gasteiger partial charge in [0.15, 0.2) is 5.75 Å². The summed E-state index contributed by atoms with van der Waals surface area (Å²) < 4.78 is 44.5. The summed E-state index contributed by atoms with van der Waals surface area (Å²) in [7, 11) is 0. The average Bonchev–Trinajstić information content (AvgIpc) is 2.09. The summed E-state index contributed by atoms with van der Waals surface area (Å²) in [5.41, 5.74) is 0. The van der Waals surface area contributed by atoms with E-state index in [1.54, 1.807) is 6.92 Å².